The number of hydroxylamine groups is 8. The van der Waals surface area contributed by atoms with Crippen LogP contribution in [0, 0.1) is 5.41 Å². The van der Waals surface area contributed by atoms with Crippen molar-refractivity contribution in [1.82, 2.24) is 20.3 Å². The molecule has 4 rings (SSSR count). The van der Waals surface area contributed by atoms with E-state index in [2.05, 4.69) is 0 Å². The van der Waals surface area contributed by atoms with Crippen molar-refractivity contribution in [2.24, 2.45) is 5.41 Å². The van der Waals surface area contributed by atoms with Crippen molar-refractivity contribution in [1.29, 1.82) is 0 Å². The molecule has 4 aliphatic rings. The van der Waals surface area contributed by atoms with Crippen LogP contribution in [0.2, 0.25) is 0 Å². The maximum absolute atomic E-state index is 12.3. The summed E-state index contributed by atoms with van der Waals surface area (Å²) in [5.41, 5.74) is -1.37. The summed E-state index contributed by atoms with van der Waals surface area (Å²) in [4.78, 5) is 162. The van der Waals surface area contributed by atoms with Crippen molar-refractivity contribution in [2.75, 3.05) is 73.2 Å². The van der Waals surface area contributed by atoms with Crippen molar-refractivity contribution < 1.29 is 110 Å². The SMILES string of the molecule is O=C(CCCOCC(COCOCC(=O)ON1C(=O)CCC1=O)(COCOCC(=O)ON1C(=O)CCC1=O)COCOCC(=O)ON1C(=O)CCC1=O)ON1C(=O)CCC1=O. The molecule has 0 aliphatic carbocycles. The average Bonchev–Trinajstić information content (AvgIpc) is 3.93. The second kappa shape index (κ2) is 23.8. The van der Waals surface area contributed by atoms with Gasteiger partial charge in [-0.25, -0.2) is 19.2 Å². The molecule has 0 radical (unpaired) electrons. The fourth-order valence-corrected chi connectivity index (χ4v) is 5.35. The zero-order valence-corrected chi connectivity index (χ0v) is 32.5. The molecule has 61 heavy (non-hydrogen) atoms. The summed E-state index contributed by atoms with van der Waals surface area (Å²) in [5, 5.41) is 1.38. The van der Waals surface area contributed by atoms with Gasteiger partial charge in [0.25, 0.3) is 47.3 Å². The van der Waals surface area contributed by atoms with Crippen LogP contribution in [0.4, 0.5) is 0 Å². The van der Waals surface area contributed by atoms with Crippen LogP contribution in [0.15, 0.2) is 0 Å². The van der Waals surface area contributed by atoms with Gasteiger partial charge in [-0.1, -0.05) is 0 Å². The Morgan fingerprint density at radius 1 is 0.377 bits per heavy atom. The highest BCUT2D eigenvalue weighted by atomic mass is 16.8. The number of hydrogen-bond donors (Lipinski definition) is 0. The van der Waals surface area contributed by atoms with Crippen LogP contribution in [0.5, 0.6) is 0 Å². The Morgan fingerprint density at radius 3 is 0.934 bits per heavy atom. The Labute approximate surface area is 344 Å². The number of hydrogen-bond acceptors (Lipinski definition) is 23. The molecule has 0 aromatic carbocycles. The minimum atomic E-state index is -1.37. The fraction of sp³-hybridized carbons (Fsp3) is 0.647. The second-order valence-corrected chi connectivity index (χ2v) is 13.3. The van der Waals surface area contributed by atoms with Crippen molar-refractivity contribution in [3.05, 3.63) is 0 Å². The highest BCUT2D eigenvalue weighted by Crippen LogP contribution is 2.22. The molecule has 27 nitrogen and oxygen atoms in total. The lowest BCUT2D eigenvalue weighted by atomic mass is 9.92. The molecule has 27 heteroatoms. The monoisotopic (exact) mass is 874 g/mol. The Morgan fingerprint density at radius 2 is 0.639 bits per heavy atom. The number of rotatable bonds is 28. The molecular formula is C34H42N4O23. The van der Waals surface area contributed by atoms with E-state index >= 15 is 0 Å². The first kappa shape index (κ1) is 47.8. The van der Waals surface area contributed by atoms with E-state index in [1.807, 2.05) is 0 Å². The molecule has 0 aromatic heterocycles. The van der Waals surface area contributed by atoms with Gasteiger partial charge in [0.05, 0.1) is 38.3 Å². The third-order valence-electron chi connectivity index (χ3n) is 8.26. The molecule has 4 heterocycles. The van der Waals surface area contributed by atoms with Gasteiger partial charge in [-0.05, 0) is 6.42 Å². The normalized spacial score (nSPS) is 17.0. The van der Waals surface area contributed by atoms with Gasteiger partial charge in [-0.3, -0.25) is 38.4 Å². The standard InChI is InChI=1S/C34H42N4O23/c39-22-3-4-23(40)35(22)58-30(47)2-1-11-51-15-34(16-55-19-52-12-31(48)59-36-24(41)5-6-25(36)42,17-56-20-53-13-32(49)60-37-26(43)7-8-27(37)44)18-57-21-54-14-33(50)61-38-28(45)9-10-29(38)46/h1-21H2. The Balaban J connectivity index is 1.33. The number of nitrogens with zero attached hydrogens (tertiary/aromatic N) is 4. The second-order valence-electron chi connectivity index (χ2n) is 13.3. The van der Waals surface area contributed by atoms with Gasteiger partial charge in [0, 0.05) is 58.0 Å². The molecule has 336 valence electrons. The van der Waals surface area contributed by atoms with Gasteiger partial charge >= 0.3 is 23.9 Å². The summed E-state index contributed by atoms with van der Waals surface area (Å²) in [6.45, 7) is -5.56. The molecule has 4 aliphatic heterocycles. The predicted octanol–water partition coefficient (Wildman–Crippen LogP) is -2.83. The third-order valence-corrected chi connectivity index (χ3v) is 8.26. The molecular weight excluding hydrogens is 832 g/mol. The number of amides is 8. The molecule has 0 atom stereocenters. The molecule has 0 saturated carbocycles. The lowest BCUT2D eigenvalue weighted by molar-refractivity contribution is -0.208. The van der Waals surface area contributed by atoms with E-state index in [0.717, 1.165) is 0 Å². The Kier molecular flexibility index (Phi) is 18.7. The largest absolute Gasteiger partial charge is 0.381 e. The van der Waals surface area contributed by atoms with E-state index in [1.165, 1.54) is 0 Å². The molecule has 4 saturated heterocycles. The maximum atomic E-state index is 12.3. The first-order valence-corrected chi connectivity index (χ1v) is 18.5. The summed E-state index contributed by atoms with van der Waals surface area (Å²) in [7, 11) is 0. The predicted molar refractivity (Wildman–Crippen MR) is 182 cm³/mol. The van der Waals surface area contributed by atoms with Crippen LogP contribution >= 0.6 is 0 Å². The summed E-state index contributed by atoms with van der Waals surface area (Å²) >= 11 is 0. The van der Waals surface area contributed by atoms with Crippen LogP contribution in [0.1, 0.15) is 64.2 Å². The molecule has 0 spiro atoms. The number of ether oxygens (including phenoxy) is 7. The first-order chi connectivity index (χ1) is 29.2. The molecule has 0 unspecified atom stereocenters. The Hall–Kier alpha value is -5.84. The third kappa shape index (κ3) is 15.3. The smallest absolute Gasteiger partial charge is 0.358 e. The highest BCUT2D eigenvalue weighted by molar-refractivity contribution is 6.03. The quantitative estimate of drug-likeness (QED) is 0.0434. The van der Waals surface area contributed by atoms with Crippen molar-refractivity contribution >= 4 is 71.1 Å². The van der Waals surface area contributed by atoms with Gasteiger partial charge in [0.1, 0.15) is 40.2 Å². The fourth-order valence-electron chi connectivity index (χ4n) is 5.35. The zero-order chi connectivity index (χ0) is 44.4. The van der Waals surface area contributed by atoms with Crippen LogP contribution < -0.4 is 0 Å². The van der Waals surface area contributed by atoms with E-state index in [-0.39, 0.29) is 97.2 Å². The van der Waals surface area contributed by atoms with E-state index in [9.17, 15) is 57.5 Å². The van der Waals surface area contributed by atoms with Crippen molar-refractivity contribution in [3.8, 4) is 0 Å². The lowest BCUT2D eigenvalue weighted by Crippen LogP contribution is -2.42. The minimum Gasteiger partial charge on any atom is -0.381 e. The van der Waals surface area contributed by atoms with Gasteiger partial charge in [0.15, 0.2) is 0 Å². The number of imide groups is 4. The van der Waals surface area contributed by atoms with Gasteiger partial charge in [-0.2, -0.15) is 0 Å². The average molecular weight is 875 g/mol. The molecule has 0 bridgehead atoms. The zero-order valence-electron chi connectivity index (χ0n) is 32.5. The lowest BCUT2D eigenvalue weighted by Gasteiger charge is -2.32. The molecule has 0 aromatic rings. The summed E-state index contributed by atoms with van der Waals surface area (Å²) < 4.78 is 38.1. The first-order valence-electron chi connectivity index (χ1n) is 18.5. The molecule has 8 amide bonds. The number of carbonyl (C=O) groups excluding carboxylic acids is 12. The van der Waals surface area contributed by atoms with Crippen molar-refractivity contribution in [2.45, 2.75) is 64.2 Å². The van der Waals surface area contributed by atoms with Crippen LogP contribution in [-0.2, 0) is 110 Å². The minimum absolute atomic E-state index is 0.0292. The molecule has 4 fully saturated rings. The Bertz CT molecular complexity index is 1410. The summed E-state index contributed by atoms with van der Waals surface area (Å²) in [6, 6.07) is 0. The van der Waals surface area contributed by atoms with E-state index in [0.29, 0.717) is 20.3 Å². The highest BCUT2D eigenvalue weighted by Gasteiger charge is 2.37. The topological polar surface area (TPSA) is 319 Å². The summed E-state index contributed by atoms with van der Waals surface area (Å²) in [5.74, 6) is -9.70. The van der Waals surface area contributed by atoms with Gasteiger partial charge in [-0.15, -0.1) is 20.3 Å². The van der Waals surface area contributed by atoms with E-state index in [1.54, 1.807) is 0 Å². The van der Waals surface area contributed by atoms with Crippen molar-refractivity contribution in [3.63, 3.8) is 0 Å². The van der Waals surface area contributed by atoms with E-state index in [4.69, 9.17) is 52.5 Å². The summed E-state index contributed by atoms with van der Waals surface area (Å²) in [6.07, 6.45) is -1.18. The van der Waals surface area contributed by atoms with Gasteiger partial charge < -0.3 is 52.5 Å². The van der Waals surface area contributed by atoms with E-state index < -0.39 is 117 Å². The maximum Gasteiger partial charge on any atom is 0.358 e. The molecule has 0 N–H and O–H groups in total. The van der Waals surface area contributed by atoms with Crippen LogP contribution in [0.25, 0.3) is 0 Å². The van der Waals surface area contributed by atoms with Gasteiger partial charge in [0.2, 0.25) is 0 Å². The number of carbonyl (C=O) groups is 12. The van der Waals surface area contributed by atoms with Crippen LogP contribution in [0.3, 0.4) is 0 Å². The van der Waals surface area contributed by atoms with Crippen LogP contribution in [-0.4, -0.2) is 165 Å².